The summed E-state index contributed by atoms with van der Waals surface area (Å²) in [6.45, 7) is 0.558. The molecule has 3 unspecified atom stereocenters. The molecule has 0 spiro atoms. The van der Waals surface area contributed by atoms with Crippen molar-refractivity contribution >= 4 is 5.97 Å². The van der Waals surface area contributed by atoms with E-state index in [1.807, 2.05) is 0 Å². The molecule has 0 aromatic rings. The van der Waals surface area contributed by atoms with Gasteiger partial charge in [-0.25, -0.2) is 14.6 Å². The molecule has 2 heterocycles. The summed E-state index contributed by atoms with van der Waals surface area (Å²) in [6, 6.07) is 0. The SMILES string of the molecule is O=C(O)C1OOC2OCCC21. The van der Waals surface area contributed by atoms with Gasteiger partial charge in [-0.15, -0.1) is 0 Å². The van der Waals surface area contributed by atoms with E-state index in [0.29, 0.717) is 13.0 Å². The summed E-state index contributed by atoms with van der Waals surface area (Å²) in [5.41, 5.74) is 0. The molecule has 11 heavy (non-hydrogen) atoms. The van der Waals surface area contributed by atoms with Crippen LogP contribution in [0.25, 0.3) is 0 Å². The third kappa shape index (κ3) is 1.01. The number of rotatable bonds is 1. The van der Waals surface area contributed by atoms with E-state index < -0.39 is 18.4 Å². The maximum Gasteiger partial charge on any atom is 0.336 e. The van der Waals surface area contributed by atoms with Crippen molar-refractivity contribution in [3.05, 3.63) is 0 Å². The van der Waals surface area contributed by atoms with E-state index in [2.05, 4.69) is 9.78 Å². The number of hydrogen-bond acceptors (Lipinski definition) is 4. The zero-order valence-corrected chi connectivity index (χ0v) is 5.73. The van der Waals surface area contributed by atoms with Gasteiger partial charge in [0.2, 0.25) is 0 Å². The zero-order valence-electron chi connectivity index (χ0n) is 5.73. The number of carboxylic acid groups (broad SMARTS) is 1. The van der Waals surface area contributed by atoms with Crippen molar-refractivity contribution in [1.29, 1.82) is 0 Å². The number of fused-ring (bicyclic) bond motifs is 1. The molecular weight excluding hydrogens is 152 g/mol. The molecule has 0 saturated carbocycles. The van der Waals surface area contributed by atoms with Gasteiger partial charge in [0.1, 0.15) is 0 Å². The number of ether oxygens (including phenoxy) is 1. The summed E-state index contributed by atoms with van der Waals surface area (Å²) in [5, 5.41) is 8.60. The minimum absolute atomic E-state index is 0.132. The van der Waals surface area contributed by atoms with Gasteiger partial charge >= 0.3 is 5.97 Å². The van der Waals surface area contributed by atoms with Crippen molar-refractivity contribution in [3.8, 4) is 0 Å². The molecule has 0 aromatic heterocycles. The highest BCUT2D eigenvalue weighted by molar-refractivity contribution is 5.72. The summed E-state index contributed by atoms with van der Waals surface area (Å²) >= 11 is 0. The first kappa shape index (κ1) is 7.02. The Morgan fingerprint density at radius 2 is 2.27 bits per heavy atom. The Bertz CT molecular complexity index is 180. The maximum absolute atomic E-state index is 10.5. The molecule has 0 radical (unpaired) electrons. The molecule has 2 saturated heterocycles. The van der Waals surface area contributed by atoms with Crippen LogP contribution in [0.5, 0.6) is 0 Å². The summed E-state index contributed by atoms with van der Waals surface area (Å²) in [6.07, 6.45) is -0.611. The minimum atomic E-state index is -0.983. The average Bonchev–Trinajstić information content (AvgIpc) is 2.41. The van der Waals surface area contributed by atoms with Crippen LogP contribution < -0.4 is 0 Å². The summed E-state index contributed by atoms with van der Waals surface area (Å²) < 4.78 is 5.05. The third-order valence-corrected chi connectivity index (χ3v) is 1.97. The molecule has 5 heteroatoms. The fourth-order valence-corrected chi connectivity index (χ4v) is 1.38. The van der Waals surface area contributed by atoms with Crippen LogP contribution in [0, 0.1) is 5.92 Å². The van der Waals surface area contributed by atoms with Gasteiger partial charge in [-0.2, -0.15) is 0 Å². The van der Waals surface area contributed by atoms with Crippen molar-refractivity contribution < 1.29 is 24.4 Å². The molecule has 0 aromatic carbocycles. The van der Waals surface area contributed by atoms with Gasteiger partial charge in [0.15, 0.2) is 12.4 Å². The van der Waals surface area contributed by atoms with E-state index in [-0.39, 0.29) is 5.92 Å². The highest BCUT2D eigenvalue weighted by atomic mass is 17.2. The standard InChI is InChI=1S/C6H8O5/c7-5(8)4-3-1-2-9-6(3)11-10-4/h3-4,6H,1-2H2,(H,7,8). The Hall–Kier alpha value is -0.650. The molecule has 2 fully saturated rings. The average molecular weight is 160 g/mol. The van der Waals surface area contributed by atoms with Crippen LogP contribution in [-0.2, 0) is 19.3 Å². The minimum Gasteiger partial charge on any atom is -0.479 e. The Kier molecular flexibility index (Phi) is 1.56. The van der Waals surface area contributed by atoms with Crippen LogP contribution in [0.4, 0.5) is 0 Å². The van der Waals surface area contributed by atoms with Crippen molar-refractivity contribution in [3.63, 3.8) is 0 Å². The maximum atomic E-state index is 10.5. The number of aliphatic carboxylic acids is 1. The second-order valence-electron chi connectivity index (χ2n) is 2.64. The van der Waals surface area contributed by atoms with Crippen LogP contribution >= 0.6 is 0 Å². The Labute approximate surface area is 62.8 Å². The number of hydrogen-bond donors (Lipinski definition) is 1. The fourth-order valence-electron chi connectivity index (χ4n) is 1.38. The third-order valence-electron chi connectivity index (χ3n) is 1.97. The smallest absolute Gasteiger partial charge is 0.336 e. The van der Waals surface area contributed by atoms with Gasteiger partial charge in [0.05, 0.1) is 12.5 Å². The number of carbonyl (C=O) groups is 1. The monoisotopic (exact) mass is 160 g/mol. The van der Waals surface area contributed by atoms with Crippen LogP contribution in [0.2, 0.25) is 0 Å². The first-order valence-corrected chi connectivity index (χ1v) is 3.45. The van der Waals surface area contributed by atoms with Crippen molar-refractivity contribution in [2.45, 2.75) is 18.8 Å². The predicted octanol–water partition coefficient (Wildman–Crippen LogP) is -0.236. The van der Waals surface area contributed by atoms with Crippen LogP contribution in [0.1, 0.15) is 6.42 Å². The van der Waals surface area contributed by atoms with Gasteiger partial charge in [0.25, 0.3) is 0 Å². The molecule has 0 bridgehead atoms. The molecule has 2 rings (SSSR count). The molecular formula is C6H8O5. The van der Waals surface area contributed by atoms with Crippen molar-refractivity contribution in [2.75, 3.05) is 6.61 Å². The first-order chi connectivity index (χ1) is 5.29. The Balaban J connectivity index is 2.08. The van der Waals surface area contributed by atoms with Crippen LogP contribution in [0.15, 0.2) is 0 Å². The topological polar surface area (TPSA) is 65.0 Å². The molecule has 5 nitrogen and oxygen atoms in total. The second kappa shape index (κ2) is 2.44. The van der Waals surface area contributed by atoms with Gasteiger partial charge in [-0.1, -0.05) is 0 Å². The van der Waals surface area contributed by atoms with E-state index in [9.17, 15) is 4.79 Å². The molecule has 0 aliphatic carbocycles. The quantitative estimate of drug-likeness (QED) is 0.536. The summed E-state index contributed by atoms with van der Waals surface area (Å²) in [7, 11) is 0. The molecule has 62 valence electrons. The van der Waals surface area contributed by atoms with E-state index in [1.54, 1.807) is 0 Å². The van der Waals surface area contributed by atoms with Gasteiger partial charge in [-0.05, 0) is 6.42 Å². The van der Waals surface area contributed by atoms with Crippen molar-refractivity contribution in [2.24, 2.45) is 5.92 Å². The van der Waals surface area contributed by atoms with E-state index in [1.165, 1.54) is 0 Å². The normalized spacial score (nSPS) is 42.4. The Morgan fingerprint density at radius 1 is 1.45 bits per heavy atom. The lowest BCUT2D eigenvalue weighted by atomic mass is 10.0. The van der Waals surface area contributed by atoms with Crippen LogP contribution in [-0.4, -0.2) is 30.1 Å². The highest BCUT2D eigenvalue weighted by Crippen LogP contribution is 2.33. The van der Waals surface area contributed by atoms with Crippen molar-refractivity contribution in [1.82, 2.24) is 0 Å². The summed E-state index contributed by atoms with van der Waals surface area (Å²) in [4.78, 5) is 19.7. The lowest BCUT2D eigenvalue weighted by molar-refractivity contribution is -0.336. The van der Waals surface area contributed by atoms with Gasteiger partial charge in [0, 0.05) is 0 Å². The zero-order chi connectivity index (χ0) is 7.84. The lowest BCUT2D eigenvalue weighted by Gasteiger charge is -2.05. The van der Waals surface area contributed by atoms with E-state index in [4.69, 9.17) is 9.84 Å². The summed E-state index contributed by atoms with van der Waals surface area (Å²) in [5.74, 6) is -1.12. The molecule has 2 aliphatic rings. The first-order valence-electron chi connectivity index (χ1n) is 3.45. The van der Waals surface area contributed by atoms with E-state index >= 15 is 0 Å². The van der Waals surface area contributed by atoms with Gasteiger partial charge in [-0.3, -0.25) is 0 Å². The van der Waals surface area contributed by atoms with Gasteiger partial charge < -0.3 is 9.84 Å². The predicted molar refractivity (Wildman–Crippen MR) is 31.4 cm³/mol. The largest absolute Gasteiger partial charge is 0.479 e. The molecule has 1 N–H and O–H groups in total. The van der Waals surface area contributed by atoms with E-state index in [0.717, 1.165) is 0 Å². The molecule has 0 amide bonds. The fraction of sp³-hybridized carbons (Fsp3) is 0.833. The number of carboxylic acids is 1. The molecule has 2 aliphatic heterocycles. The lowest BCUT2D eigenvalue weighted by Crippen LogP contribution is -2.27. The van der Waals surface area contributed by atoms with Crippen LogP contribution in [0.3, 0.4) is 0 Å². The second-order valence-corrected chi connectivity index (χ2v) is 2.64. The Morgan fingerprint density at radius 3 is 3.00 bits per heavy atom. The highest BCUT2D eigenvalue weighted by Gasteiger charge is 2.47. The molecule has 3 atom stereocenters.